The van der Waals surface area contributed by atoms with Gasteiger partial charge in [0.15, 0.2) is 0 Å². The van der Waals surface area contributed by atoms with Crippen LogP contribution in [0, 0.1) is 5.92 Å². The van der Waals surface area contributed by atoms with Crippen molar-refractivity contribution in [1.82, 2.24) is 9.71 Å². The third kappa shape index (κ3) is 3.99. The Hall–Kier alpha value is -0.980. The van der Waals surface area contributed by atoms with Gasteiger partial charge in [-0.3, -0.25) is 4.98 Å². The van der Waals surface area contributed by atoms with Crippen LogP contribution >= 0.6 is 0 Å². The Morgan fingerprint density at radius 2 is 2.00 bits per heavy atom. The fraction of sp³-hybridized carbons (Fsp3) is 0.615. The van der Waals surface area contributed by atoms with E-state index < -0.39 is 10.0 Å². The molecule has 2 rings (SSSR count). The number of pyridine rings is 1. The van der Waals surface area contributed by atoms with Crippen LogP contribution in [0.5, 0.6) is 0 Å². The van der Waals surface area contributed by atoms with Crippen molar-refractivity contribution in [2.75, 3.05) is 6.54 Å². The van der Waals surface area contributed by atoms with Gasteiger partial charge in [0, 0.05) is 19.3 Å². The molecular weight excluding hydrogens is 262 g/mol. The first-order valence-corrected chi connectivity index (χ1v) is 8.25. The fourth-order valence-corrected chi connectivity index (χ4v) is 3.45. The van der Waals surface area contributed by atoms with Crippen LogP contribution in [0.4, 0.5) is 0 Å². The van der Waals surface area contributed by atoms with Crippen molar-refractivity contribution in [3.63, 3.8) is 0 Å². The number of hydrogen-bond acceptors (Lipinski definition) is 4. The standard InChI is InChI=1S/C13H21N3O2S/c14-8-12-6-7-13(10-15-12)19(17,18)16-9-11-4-2-1-3-5-11/h6-7,10-11,16H,1-5,8-9,14H2. The number of rotatable bonds is 5. The molecule has 1 aliphatic rings. The first-order valence-electron chi connectivity index (χ1n) is 6.76. The number of nitrogens with one attached hydrogen (secondary N) is 1. The van der Waals surface area contributed by atoms with Crippen molar-refractivity contribution >= 4 is 10.0 Å². The van der Waals surface area contributed by atoms with Crippen LogP contribution < -0.4 is 10.5 Å². The molecule has 5 nitrogen and oxygen atoms in total. The lowest BCUT2D eigenvalue weighted by molar-refractivity contribution is 0.357. The van der Waals surface area contributed by atoms with Crippen molar-refractivity contribution in [3.05, 3.63) is 24.0 Å². The Morgan fingerprint density at radius 3 is 2.58 bits per heavy atom. The Labute approximate surface area is 114 Å². The third-order valence-electron chi connectivity index (χ3n) is 3.60. The molecular formula is C13H21N3O2S. The predicted molar refractivity (Wildman–Crippen MR) is 73.9 cm³/mol. The summed E-state index contributed by atoms with van der Waals surface area (Å²) in [5.74, 6) is 0.472. The lowest BCUT2D eigenvalue weighted by atomic mass is 9.90. The Kier molecular flexibility index (Phi) is 4.90. The van der Waals surface area contributed by atoms with E-state index in [1.165, 1.54) is 25.5 Å². The van der Waals surface area contributed by atoms with E-state index in [0.717, 1.165) is 12.8 Å². The molecule has 0 saturated heterocycles. The summed E-state index contributed by atoms with van der Waals surface area (Å²) >= 11 is 0. The molecule has 0 aromatic carbocycles. The summed E-state index contributed by atoms with van der Waals surface area (Å²) in [5.41, 5.74) is 6.12. The van der Waals surface area contributed by atoms with Gasteiger partial charge in [-0.2, -0.15) is 0 Å². The molecule has 1 heterocycles. The zero-order chi connectivity index (χ0) is 13.7. The van der Waals surface area contributed by atoms with E-state index in [-0.39, 0.29) is 4.90 Å². The Morgan fingerprint density at radius 1 is 1.26 bits per heavy atom. The highest BCUT2D eigenvalue weighted by molar-refractivity contribution is 7.89. The van der Waals surface area contributed by atoms with Gasteiger partial charge in [0.05, 0.1) is 5.69 Å². The van der Waals surface area contributed by atoms with Gasteiger partial charge < -0.3 is 5.73 Å². The SMILES string of the molecule is NCc1ccc(S(=O)(=O)NCC2CCCCC2)cn1. The number of hydrogen-bond donors (Lipinski definition) is 2. The van der Waals surface area contributed by atoms with Crippen LogP contribution in [0.3, 0.4) is 0 Å². The van der Waals surface area contributed by atoms with Crippen LogP contribution in [-0.2, 0) is 16.6 Å². The van der Waals surface area contributed by atoms with E-state index in [0.29, 0.717) is 24.7 Å². The lowest BCUT2D eigenvalue weighted by Crippen LogP contribution is -2.30. The molecule has 1 aromatic rings. The third-order valence-corrected chi connectivity index (χ3v) is 5.01. The molecule has 1 saturated carbocycles. The van der Waals surface area contributed by atoms with Crippen LogP contribution in [-0.4, -0.2) is 19.9 Å². The quantitative estimate of drug-likeness (QED) is 0.855. The highest BCUT2D eigenvalue weighted by Gasteiger charge is 2.18. The minimum Gasteiger partial charge on any atom is -0.325 e. The van der Waals surface area contributed by atoms with Crippen molar-refractivity contribution < 1.29 is 8.42 Å². The zero-order valence-electron chi connectivity index (χ0n) is 11.0. The summed E-state index contributed by atoms with van der Waals surface area (Å²) in [6, 6.07) is 3.20. The molecule has 106 valence electrons. The summed E-state index contributed by atoms with van der Waals surface area (Å²) in [6.07, 6.45) is 7.29. The smallest absolute Gasteiger partial charge is 0.242 e. The van der Waals surface area contributed by atoms with Crippen molar-refractivity contribution in [1.29, 1.82) is 0 Å². The topological polar surface area (TPSA) is 85.1 Å². The molecule has 0 bridgehead atoms. The second-order valence-electron chi connectivity index (χ2n) is 5.05. The largest absolute Gasteiger partial charge is 0.325 e. The van der Waals surface area contributed by atoms with Crippen LogP contribution in [0.15, 0.2) is 23.2 Å². The number of sulfonamides is 1. The van der Waals surface area contributed by atoms with Gasteiger partial charge in [0.1, 0.15) is 4.90 Å². The van der Waals surface area contributed by atoms with Crippen LogP contribution in [0.25, 0.3) is 0 Å². The zero-order valence-corrected chi connectivity index (χ0v) is 11.8. The second kappa shape index (κ2) is 6.45. The van der Waals surface area contributed by atoms with E-state index in [4.69, 9.17) is 5.73 Å². The van der Waals surface area contributed by atoms with Gasteiger partial charge in [-0.05, 0) is 30.9 Å². The average molecular weight is 283 g/mol. The molecule has 0 amide bonds. The lowest BCUT2D eigenvalue weighted by Gasteiger charge is -2.21. The Bertz CT molecular complexity index is 493. The fourth-order valence-electron chi connectivity index (χ4n) is 2.39. The van der Waals surface area contributed by atoms with E-state index in [1.54, 1.807) is 12.1 Å². The number of aromatic nitrogens is 1. The maximum Gasteiger partial charge on any atom is 0.242 e. The number of nitrogens with two attached hydrogens (primary N) is 1. The van der Waals surface area contributed by atoms with Gasteiger partial charge >= 0.3 is 0 Å². The monoisotopic (exact) mass is 283 g/mol. The minimum atomic E-state index is -3.44. The first-order chi connectivity index (χ1) is 9.12. The summed E-state index contributed by atoms with van der Waals surface area (Å²) in [7, 11) is -3.44. The molecule has 19 heavy (non-hydrogen) atoms. The molecule has 0 unspecified atom stereocenters. The van der Waals surface area contributed by atoms with Crippen LogP contribution in [0.1, 0.15) is 37.8 Å². The van der Waals surface area contributed by atoms with Crippen molar-refractivity contribution in [3.8, 4) is 0 Å². The van der Waals surface area contributed by atoms with Crippen molar-refractivity contribution in [2.45, 2.75) is 43.5 Å². The van der Waals surface area contributed by atoms with Crippen LogP contribution in [0.2, 0.25) is 0 Å². The van der Waals surface area contributed by atoms with Gasteiger partial charge in [-0.15, -0.1) is 0 Å². The molecule has 3 N–H and O–H groups in total. The van der Waals surface area contributed by atoms with Gasteiger partial charge in [0.25, 0.3) is 0 Å². The first kappa shape index (κ1) is 14.4. The molecule has 1 aromatic heterocycles. The van der Waals surface area contributed by atoms with Crippen molar-refractivity contribution in [2.24, 2.45) is 11.7 Å². The summed E-state index contributed by atoms with van der Waals surface area (Å²) in [6.45, 7) is 0.844. The predicted octanol–water partition coefficient (Wildman–Crippen LogP) is 1.40. The normalized spacial score (nSPS) is 17.5. The van der Waals surface area contributed by atoms with Gasteiger partial charge in [0.2, 0.25) is 10.0 Å². The van der Waals surface area contributed by atoms with E-state index in [1.807, 2.05) is 0 Å². The highest BCUT2D eigenvalue weighted by atomic mass is 32.2. The number of nitrogens with zero attached hydrogens (tertiary/aromatic N) is 1. The van der Waals surface area contributed by atoms with Gasteiger partial charge in [-0.25, -0.2) is 13.1 Å². The summed E-state index contributed by atoms with van der Waals surface area (Å²) in [4.78, 5) is 4.22. The summed E-state index contributed by atoms with van der Waals surface area (Å²) < 4.78 is 26.9. The van der Waals surface area contributed by atoms with E-state index in [2.05, 4.69) is 9.71 Å². The van der Waals surface area contributed by atoms with E-state index >= 15 is 0 Å². The summed E-state index contributed by atoms with van der Waals surface area (Å²) in [5, 5.41) is 0. The molecule has 1 aliphatic carbocycles. The average Bonchev–Trinajstić information content (AvgIpc) is 2.46. The molecule has 0 atom stereocenters. The molecule has 6 heteroatoms. The minimum absolute atomic E-state index is 0.209. The molecule has 0 spiro atoms. The van der Waals surface area contributed by atoms with E-state index in [9.17, 15) is 8.42 Å². The molecule has 0 aliphatic heterocycles. The second-order valence-corrected chi connectivity index (χ2v) is 6.81. The maximum atomic E-state index is 12.1. The highest BCUT2D eigenvalue weighted by Crippen LogP contribution is 2.23. The van der Waals surface area contributed by atoms with Gasteiger partial charge in [-0.1, -0.05) is 19.3 Å². The molecule has 0 radical (unpaired) electrons. The molecule has 1 fully saturated rings. The maximum absolute atomic E-state index is 12.1. The Balaban J connectivity index is 1.96.